The van der Waals surface area contributed by atoms with Crippen LogP contribution in [0.15, 0.2) is 73.3 Å². The summed E-state index contributed by atoms with van der Waals surface area (Å²) in [5.74, 6) is -0.111. The Bertz CT molecular complexity index is 1400. The van der Waals surface area contributed by atoms with Crippen LogP contribution in [0.3, 0.4) is 0 Å². The molecule has 0 aromatic heterocycles. The maximum absolute atomic E-state index is 14.2. The number of hydrogen-bond donors (Lipinski definition) is 2. The third-order valence-electron chi connectivity index (χ3n) is 6.51. The van der Waals surface area contributed by atoms with Gasteiger partial charge in [0.15, 0.2) is 0 Å². The van der Waals surface area contributed by atoms with E-state index in [1.54, 1.807) is 38.6 Å². The minimum Gasteiger partial charge on any atom is -0.444 e. The van der Waals surface area contributed by atoms with Crippen LogP contribution in [0.2, 0.25) is 0 Å². The molecule has 0 radical (unpaired) electrons. The largest absolute Gasteiger partial charge is 0.444 e. The Balaban J connectivity index is 2.04. The molecule has 218 valence electrons. The maximum Gasteiger partial charge on any atom is 0.408 e. The van der Waals surface area contributed by atoms with E-state index >= 15 is 0 Å². The van der Waals surface area contributed by atoms with Crippen molar-refractivity contribution in [2.45, 2.75) is 58.7 Å². The zero-order valence-electron chi connectivity index (χ0n) is 24.8. The van der Waals surface area contributed by atoms with Crippen molar-refractivity contribution >= 4 is 46.1 Å². The summed E-state index contributed by atoms with van der Waals surface area (Å²) in [7, 11) is 0. The minimum atomic E-state index is -0.968. The second-order valence-corrected chi connectivity index (χ2v) is 12.1. The number of nitrogens with one attached hydrogen (secondary N) is 2. The molecule has 0 spiro atoms. The van der Waals surface area contributed by atoms with Gasteiger partial charge in [-0.3, -0.25) is 9.59 Å². The highest BCUT2D eigenvalue weighted by Crippen LogP contribution is 2.29. The summed E-state index contributed by atoms with van der Waals surface area (Å²) in [6, 6.07) is 17.6. The zero-order valence-corrected chi connectivity index (χ0v) is 25.6. The predicted octanol–water partition coefficient (Wildman–Crippen LogP) is 6.80. The van der Waals surface area contributed by atoms with Crippen LogP contribution in [0.5, 0.6) is 0 Å². The lowest BCUT2D eigenvalue weighted by atomic mass is 9.95. The molecular formula is C33H41N3O4S. The summed E-state index contributed by atoms with van der Waals surface area (Å²) in [4.78, 5) is 42.5. The van der Waals surface area contributed by atoms with Crippen LogP contribution in [-0.2, 0) is 14.3 Å². The molecule has 7 nitrogen and oxygen atoms in total. The molecule has 3 aromatic rings. The third-order valence-corrected chi connectivity index (χ3v) is 7.16. The van der Waals surface area contributed by atoms with Gasteiger partial charge in [0.25, 0.3) is 5.91 Å². The van der Waals surface area contributed by atoms with Crippen molar-refractivity contribution in [2.75, 3.05) is 23.9 Å². The second-order valence-electron chi connectivity index (χ2n) is 11.1. The molecule has 0 aliphatic carbocycles. The number of nitrogens with zero attached hydrogens (tertiary/aromatic N) is 1. The fourth-order valence-corrected chi connectivity index (χ4v) is 5.06. The molecular weight excluding hydrogens is 534 g/mol. The number of anilines is 1. The van der Waals surface area contributed by atoms with Crippen molar-refractivity contribution in [1.29, 1.82) is 0 Å². The molecule has 0 fully saturated rings. The highest BCUT2D eigenvalue weighted by Gasteiger charge is 2.36. The zero-order chi connectivity index (χ0) is 30.2. The van der Waals surface area contributed by atoms with Crippen molar-refractivity contribution in [3.63, 3.8) is 0 Å². The van der Waals surface area contributed by atoms with Crippen molar-refractivity contribution in [1.82, 2.24) is 10.2 Å². The van der Waals surface area contributed by atoms with Crippen molar-refractivity contribution in [3.8, 4) is 0 Å². The Labute approximate surface area is 247 Å². The Morgan fingerprint density at radius 2 is 1.73 bits per heavy atom. The first-order valence-electron chi connectivity index (χ1n) is 13.7. The molecule has 8 heteroatoms. The summed E-state index contributed by atoms with van der Waals surface area (Å²) in [5, 5.41) is 7.85. The molecule has 0 bridgehead atoms. The summed E-state index contributed by atoms with van der Waals surface area (Å²) in [6.07, 6.45) is 3.23. The van der Waals surface area contributed by atoms with E-state index in [0.29, 0.717) is 23.4 Å². The molecule has 3 aromatic carbocycles. The summed E-state index contributed by atoms with van der Waals surface area (Å²) < 4.78 is 5.45. The highest BCUT2D eigenvalue weighted by molar-refractivity contribution is 7.98. The topological polar surface area (TPSA) is 87.7 Å². The molecule has 0 heterocycles. The fourth-order valence-electron chi connectivity index (χ4n) is 4.59. The van der Waals surface area contributed by atoms with Gasteiger partial charge in [-0.15, -0.1) is 6.58 Å². The third kappa shape index (κ3) is 8.85. The molecule has 0 aliphatic rings. The number of alkyl carbamates (subject to hydrolysis) is 1. The standard InChI is InChI=1S/C33H41N3O4S/c1-8-18-36(31(38)28(17-19-41-7)35-32(39)40-33(4,5)6)29(27-20-22(2)13-14-23(27)3)30(37)34-26-16-15-24-11-9-10-12-25(24)21-26/h8-16,20-21,28-29H,1,17-19H2,2-7H3,(H,34,37)(H,35,39). The van der Waals surface area contributed by atoms with E-state index in [9.17, 15) is 14.4 Å². The van der Waals surface area contributed by atoms with Crippen LogP contribution < -0.4 is 10.6 Å². The minimum absolute atomic E-state index is 0.105. The van der Waals surface area contributed by atoms with Gasteiger partial charge in [0.1, 0.15) is 17.7 Å². The molecule has 2 atom stereocenters. The van der Waals surface area contributed by atoms with E-state index in [-0.39, 0.29) is 18.4 Å². The molecule has 0 saturated carbocycles. The van der Waals surface area contributed by atoms with E-state index in [1.165, 1.54) is 4.90 Å². The smallest absolute Gasteiger partial charge is 0.408 e. The Hall–Kier alpha value is -3.78. The van der Waals surface area contributed by atoms with Crippen LogP contribution in [0.4, 0.5) is 10.5 Å². The van der Waals surface area contributed by atoms with Crippen LogP contribution in [0.1, 0.15) is 49.9 Å². The lowest BCUT2D eigenvalue weighted by molar-refractivity contribution is -0.140. The summed E-state index contributed by atoms with van der Waals surface area (Å²) in [5.41, 5.74) is 2.45. The van der Waals surface area contributed by atoms with Crippen LogP contribution in [0.25, 0.3) is 10.8 Å². The van der Waals surface area contributed by atoms with Gasteiger partial charge >= 0.3 is 6.09 Å². The number of hydrogen-bond acceptors (Lipinski definition) is 5. The molecule has 3 rings (SSSR count). The number of carbonyl (C=O) groups excluding carboxylic acids is 3. The van der Waals surface area contributed by atoms with Gasteiger partial charge in [-0.1, -0.05) is 60.2 Å². The number of fused-ring (bicyclic) bond motifs is 1. The summed E-state index contributed by atoms with van der Waals surface area (Å²) >= 11 is 1.57. The van der Waals surface area contributed by atoms with Crippen LogP contribution in [-0.4, -0.2) is 53.0 Å². The quantitative estimate of drug-likeness (QED) is 0.246. The van der Waals surface area contributed by atoms with Gasteiger partial charge in [0, 0.05) is 12.2 Å². The van der Waals surface area contributed by atoms with Gasteiger partial charge in [0.05, 0.1) is 0 Å². The molecule has 2 N–H and O–H groups in total. The highest BCUT2D eigenvalue weighted by atomic mass is 32.2. The van der Waals surface area contributed by atoms with Crippen molar-refractivity contribution in [2.24, 2.45) is 0 Å². The average molecular weight is 576 g/mol. The monoisotopic (exact) mass is 575 g/mol. The molecule has 3 amide bonds. The summed E-state index contributed by atoms with van der Waals surface area (Å²) in [6.45, 7) is 13.1. The van der Waals surface area contributed by atoms with Gasteiger partial charge in [-0.25, -0.2) is 4.79 Å². The Kier molecular flexibility index (Phi) is 11.0. The maximum atomic E-state index is 14.2. The van der Waals surface area contributed by atoms with Crippen LogP contribution in [0, 0.1) is 13.8 Å². The fraction of sp³-hybridized carbons (Fsp3) is 0.364. The Morgan fingerprint density at radius 1 is 1.02 bits per heavy atom. The SMILES string of the molecule is C=CCN(C(=O)C(CCSC)NC(=O)OC(C)(C)C)C(C(=O)Nc1ccc2ccccc2c1)c1cc(C)ccc1C. The molecule has 0 aliphatic heterocycles. The number of amides is 3. The number of rotatable bonds is 11. The van der Waals surface area contributed by atoms with E-state index in [1.807, 2.05) is 80.8 Å². The van der Waals surface area contributed by atoms with Gasteiger partial charge in [0.2, 0.25) is 5.91 Å². The van der Waals surface area contributed by atoms with Crippen molar-refractivity contribution < 1.29 is 19.1 Å². The first-order valence-corrected chi connectivity index (χ1v) is 15.1. The van der Waals surface area contributed by atoms with Gasteiger partial charge < -0.3 is 20.3 Å². The average Bonchev–Trinajstić information content (AvgIpc) is 2.91. The van der Waals surface area contributed by atoms with E-state index in [0.717, 1.165) is 21.9 Å². The lowest BCUT2D eigenvalue weighted by Gasteiger charge is -2.34. The van der Waals surface area contributed by atoms with E-state index in [2.05, 4.69) is 17.2 Å². The Morgan fingerprint density at radius 3 is 2.39 bits per heavy atom. The number of benzene rings is 3. The first-order chi connectivity index (χ1) is 19.4. The number of carbonyl (C=O) groups is 3. The van der Waals surface area contributed by atoms with Gasteiger partial charge in [-0.05, 0) is 87.1 Å². The lowest BCUT2D eigenvalue weighted by Crippen LogP contribution is -2.52. The molecule has 41 heavy (non-hydrogen) atoms. The first kappa shape index (κ1) is 31.7. The number of ether oxygens (including phenoxy) is 1. The number of aryl methyl sites for hydroxylation is 2. The second kappa shape index (κ2) is 14.2. The van der Waals surface area contributed by atoms with Crippen LogP contribution >= 0.6 is 11.8 Å². The van der Waals surface area contributed by atoms with E-state index in [4.69, 9.17) is 4.74 Å². The molecule has 2 unspecified atom stereocenters. The predicted molar refractivity (Wildman–Crippen MR) is 169 cm³/mol. The van der Waals surface area contributed by atoms with E-state index < -0.39 is 23.8 Å². The molecule has 0 saturated heterocycles. The normalized spacial score (nSPS) is 12.7. The number of thioether (sulfide) groups is 1. The van der Waals surface area contributed by atoms with Crippen molar-refractivity contribution in [3.05, 3.63) is 90.0 Å². The van der Waals surface area contributed by atoms with Gasteiger partial charge in [-0.2, -0.15) is 11.8 Å².